The highest BCUT2D eigenvalue weighted by Gasteiger charge is 2.02. The number of carbonyl (C=O) groups excluding carboxylic acids is 2. The third kappa shape index (κ3) is 6.26. The summed E-state index contributed by atoms with van der Waals surface area (Å²) in [6, 6.07) is 10.9. The Kier molecular flexibility index (Phi) is 6.87. The number of nitrogens with zero attached hydrogens (tertiary/aromatic N) is 2. The zero-order valence-corrected chi connectivity index (χ0v) is 13.7. The Bertz CT molecular complexity index is 773. The van der Waals surface area contributed by atoms with Gasteiger partial charge in [-0.2, -0.15) is 5.10 Å². The van der Waals surface area contributed by atoms with Gasteiger partial charge in [-0.1, -0.05) is 24.3 Å². The number of nitrogens with one attached hydrogen (secondary N) is 2. The monoisotopic (exact) mass is 338 g/mol. The molecule has 7 nitrogen and oxygen atoms in total. The number of benzene rings is 1. The van der Waals surface area contributed by atoms with E-state index < -0.39 is 11.8 Å². The van der Waals surface area contributed by atoms with Crippen molar-refractivity contribution >= 4 is 24.1 Å². The van der Waals surface area contributed by atoms with E-state index in [9.17, 15) is 9.59 Å². The van der Waals surface area contributed by atoms with Crippen LogP contribution >= 0.6 is 0 Å². The predicted octanol–water partition coefficient (Wildman–Crippen LogP) is 1.37. The fourth-order valence-corrected chi connectivity index (χ4v) is 1.87. The van der Waals surface area contributed by atoms with Crippen molar-refractivity contribution in [2.75, 3.05) is 13.7 Å². The smallest absolute Gasteiger partial charge is 0.259 e. The zero-order chi connectivity index (χ0) is 17.9. The normalized spacial score (nSPS) is 10.8. The fourth-order valence-electron chi connectivity index (χ4n) is 1.87. The van der Waals surface area contributed by atoms with Gasteiger partial charge >= 0.3 is 0 Å². The average molecular weight is 338 g/mol. The number of pyridine rings is 1. The molecule has 1 heterocycles. The van der Waals surface area contributed by atoms with Crippen LogP contribution in [0.4, 0.5) is 0 Å². The molecule has 2 amide bonds. The van der Waals surface area contributed by atoms with Gasteiger partial charge < -0.3 is 10.1 Å². The quantitative estimate of drug-likeness (QED) is 0.453. The molecule has 1 aromatic carbocycles. The highest BCUT2D eigenvalue weighted by molar-refractivity contribution is 5.94. The third-order valence-corrected chi connectivity index (χ3v) is 3.06. The summed E-state index contributed by atoms with van der Waals surface area (Å²) < 4.78 is 5.19. The first-order valence-corrected chi connectivity index (χ1v) is 7.50. The molecule has 0 radical (unpaired) electrons. The van der Waals surface area contributed by atoms with Gasteiger partial charge in [0.1, 0.15) is 5.75 Å². The lowest BCUT2D eigenvalue weighted by molar-refractivity contribution is -0.123. The van der Waals surface area contributed by atoms with Crippen molar-refractivity contribution in [2.45, 2.75) is 0 Å². The first-order chi connectivity index (χ1) is 12.2. The number of hydrazone groups is 1. The van der Waals surface area contributed by atoms with E-state index in [-0.39, 0.29) is 6.54 Å². The van der Waals surface area contributed by atoms with Crippen LogP contribution in [0.2, 0.25) is 0 Å². The number of rotatable bonds is 7. The molecule has 0 aliphatic rings. The van der Waals surface area contributed by atoms with Crippen molar-refractivity contribution in [1.29, 1.82) is 0 Å². The molecule has 0 spiro atoms. The number of amides is 2. The van der Waals surface area contributed by atoms with E-state index in [1.165, 1.54) is 12.3 Å². The van der Waals surface area contributed by atoms with E-state index in [2.05, 4.69) is 20.8 Å². The summed E-state index contributed by atoms with van der Waals surface area (Å²) in [5, 5.41) is 6.26. The number of hydrogen-bond donors (Lipinski definition) is 2. The highest BCUT2D eigenvalue weighted by atomic mass is 16.5. The molecule has 2 N–H and O–H groups in total. The Labute approximate surface area is 145 Å². The molecule has 7 heteroatoms. The van der Waals surface area contributed by atoms with E-state index in [0.29, 0.717) is 5.75 Å². The minimum Gasteiger partial charge on any atom is -0.496 e. The second kappa shape index (κ2) is 9.61. The standard InChI is InChI=1S/C18H18N4O3/c1-25-16-7-3-2-6-15(16)8-9-17(23)20-13-18(24)22-21-12-14-5-4-10-19-11-14/h2-12H,13H2,1H3,(H,20,23)(H,22,24)/b9-8-,21-12+. The summed E-state index contributed by atoms with van der Waals surface area (Å²) >= 11 is 0. The lowest BCUT2D eigenvalue weighted by Crippen LogP contribution is -2.34. The second-order valence-corrected chi connectivity index (χ2v) is 4.87. The molecule has 25 heavy (non-hydrogen) atoms. The van der Waals surface area contributed by atoms with Crippen LogP contribution in [-0.4, -0.2) is 36.7 Å². The lowest BCUT2D eigenvalue weighted by atomic mass is 10.2. The molecule has 0 aliphatic heterocycles. The van der Waals surface area contributed by atoms with Crippen LogP contribution in [0.25, 0.3) is 6.08 Å². The number of methoxy groups -OCH3 is 1. The van der Waals surface area contributed by atoms with Gasteiger partial charge in [-0.05, 0) is 18.2 Å². The Morgan fingerprint density at radius 1 is 1.24 bits per heavy atom. The van der Waals surface area contributed by atoms with Gasteiger partial charge in [-0.25, -0.2) is 5.43 Å². The largest absolute Gasteiger partial charge is 0.496 e. The van der Waals surface area contributed by atoms with E-state index >= 15 is 0 Å². The highest BCUT2D eigenvalue weighted by Crippen LogP contribution is 2.18. The van der Waals surface area contributed by atoms with Gasteiger partial charge in [0.15, 0.2) is 0 Å². The van der Waals surface area contributed by atoms with Crippen LogP contribution in [0, 0.1) is 0 Å². The summed E-state index contributed by atoms with van der Waals surface area (Å²) in [5.41, 5.74) is 3.85. The first-order valence-electron chi connectivity index (χ1n) is 7.50. The summed E-state index contributed by atoms with van der Waals surface area (Å²) in [6.45, 7) is -0.181. The summed E-state index contributed by atoms with van der Waals surface area (Å²) in [7, 11) is 1.56. The number of carbonyl (C=O) groups is 2. The van der Waals surface area contributed by atoms with E-state index in [4.69, 9.17) is 4.74 Å². The van der Waals surface area contributed by atoms with Crippen molar-refractivity contribution in [2.24, 2.45) is 5.10 Å². The van der Waals surface area contributed by atoms with E-state index in [1.807, 2.05) is 18.2 Å². The molecule has 2 aromatic rings. The maximum Gasteiger partial charge on any atom is 0.259 e. The zero-order valence-electron chi connectivity index (χ0n) is 13.7. The Morgan fingerprint density at radius 3 is 2.84 bits per heavy atom. The Balaban J connectivity index is 1.76. The summed E-state index contributed by atoms with van der Waals surface area (Å²) in [6.07, 6.45) is 7.68. The van der Waals surface area contributed by atoms with Crippen molar-refractivity contribution < 1.29 is 14.3 Å². The van der Waals surface area contributed by atoms with E-state index in [0.717, 1.165) is 11.1 Å². The van der Waals surface area contributed by atoms with Gasteiger partial charge in [0.2, 0.25) is 5.91 Å². The van der Waals surface area contributed by atoms with Gasteiger partial charge in [0, 0.05) is 29.6 Å². The van der Waals surface area contributed by atoms with Crippen LogP contribution in [0.1, 0.15) is 11.1 Å². The molecule has 128 valence electrons. The Morgan fingerprint density at radius 2 is 2.08 bits per heavy atom. The molecule has 0 atom stereocenters. The minimum atomic E-state index is -0.431. The maximum atomic E-state index is 11.8. The SMILES string of the molecule is COc1ccccc1/C=C\C(=O)NCC(=O)N/N=C/c1cccnc1. The molecule has 0 unspecified atom stereocenters. The molecule has 0 aliphatic carbocycles. The van der Waals surface area contributed by atoms with Crippen molar-refractivity contribution in [1.82, 2.24) is 15.7 Å². The number of para-hydroxylation sites is 1. The second-order valence-electron chi connectivity index (χ2n) is 4.87. The molecular weight excluding hydrogens is 320 g/mol. The van der Waals surface area contributed by atoms with Crippen LogP contribution in [0.15, 0.2) is 60.0 Å². The van der Waals surface area contributed by atoms with E-state index in [1.54, 1.807) is 43.8 Å². The average Bonchev–Trinajstić information content (AvgIpc) is 2.65. The lowest BCUT2D eigenvalue weighted by Gasteiger charge is -2.03. The summed E-state index contributed by atoms with van der Waals surface area (Å²) in [5.74, 6) is -0.162. The number of hydrogen-bond acceptors (Lipinski definition) is 5. The summed E-state index contributed by atoms with van der Waals surface area (Å²) in [4.78, 5) is 27.3. The van der Waals surface area contributed by atoms with Gasteiger partial charge in [-0.15, -0.1) is 0 Å². The fraction of sp³-hybridized carbons (Fsp3) is 0.111. The molecule has 0 bridgehead atoms. The van der Waals surface area contributed by atoms with Crippen molar-refractivity contribution in [3.8, 4) is 5.75 Å². The van der Waals surface area contributed by atoms with Crippen molar-refractivity contribution in [3.63, 3.8) is 0 Å². The van der Waals surface area contributed by atoms with Gasteiger partial charge in [0.25, 0.3) is 5.91 Å². The number of ether oxygens (including phenoxy) is 1. The van der Waals surface area contributed by atoms with Crippen LogP contribution in [0.5, 0.6) is 5.75 Å². The first kappa shape index (κ1) is 17.9. The Hall–Kier alpha value is -3.48. The van der Waals surface area contributed by atoms with Gasteiger partial charge in [-0.3, -0.25) is 14.6 Å². The topological polar surface area (TPSA) is 92.7 Å². The third-order valence-electron chi connectivity index (χ3n) is 3.06. The molecular formula is C18H18N4O3. The van der Waals surface area contributed by atoms with Crippen LogP contribution in [-0.2, 0) is 9.59 Å². The molecule has 1 aromatic heterocycles. The molecule has 0 saturated carbocycles. The minimum absolute atomic E-state index is 0.181. The molecule has 0 saturated heterocycles. The predicted molar refractivity (Wildman–Crippen MR) is 95.0 cm³/mol. The molecule has 0 fully saturated rings. The van der Waals surface area contributed by atoms with Gasteiger partial charge in [0.05, 0.1) is 19.9 Å². The molecule has 2 rings (SSSR count). The maximum absolute atomic E-state index is 11.8. The number of aromatic nitrogens is 1. The van der Waals surface area contributed by atoms with Crippen LogP contribution < -0.4 is 15.5 Å². The van der Waals surface area contributed by atoms with Crippen molar-refractivity contribution in [3.05, 3.63) is 66.0 Å². The van der Waals surface area contributed by atoms with Crippen LogP contribution in [0.3, 0.4) is 0 Å².